The summed E-state index contributed by atoms with van der Waals surface area (Å²) >= 11 is 0. The van der Waals surface area contributed by atoms with Crippen molar-refractivity contribution in [3.8, 4) is 5.75 Å². The van der Waals surface area contributed by atoms with Gasteiger partial charge in [0.15, 0.2) is 0 Å². The number of amides is 1. The fourth-order valence-corrected chi connectivity index (χ4v) is 3.61. The molecule has 0 radical (unpaired) electrons. The summed E-state index contributed by atoms with van der Waals surface area (Å²) in [4.78, 5) is 12.0. The molecule has 1 saturated heterocycles. The highest BCUT2D eigenvalue weighted by atomic mass is 16.6. The molecule has 1 aliphatic carbocycles. The number of aromatic amines is 1. The molecule has 7 heteroatoms. The average molecular weight is 359 g/mol. The topological polar surface area (TPSA) is 80.8 Å². The molecule has 1 aromatic carbocycles. The van der Waals surface area contributed by atoms with Gasteiger partial charge in [0, 0.05) is 6.04 Å². The molecule has 1 aromatic heterocycles. The van der Waals surface area contributed by atoms with E-state index in [-0.39, 0.29) is 23.8 Å². The zero-order valence-electron chi connectivity index (χ0n) is 15.4. The average Bonchev–Trinajstić information content (AvgIpc) is 3.34. The van der Waals surface area contributed by atoms with Gasteiger partial charge in [-0.25, -0.2) is 4.79 Å². The molecule has 2 aliphatic rings. The van der Waals surface area contributed by atoms with Crippen molar-refractivity contribution < 1.29 is 19.0 Å². The lowest BCUT2D eigenvalue weighted by molar-refractivity contribution is 0.0618. The van der Waals surface area contributed by atoms with E-state index in [9.17, 15) is 4.79 Å². The third-order valence-electron chi connectivity index (χ3n) is 4.99. The maximum atomic E-state index is 12.0. The van der Waals surface area contributed by atoms with E-state index in [0.29, 0.717) is 0 Å². The Morgan fingerprint density at radius 2 is 2.15 bits per heavy atom. The fourth-order valence-electron chi connectivity index (χ4n) is 3.61. The predicted molar refractivity (Wildman–Crippen MR) is 95.2 cm³/mol. The number of alkyl carbamates (subject to hydrolysis) is 1. The number of ether oxygens (including phenoxy) is 3. The molecule has 140 valence electrons. The number of benzene rings is 1. The summed E-state index contributed by atoms with van der Waals surface area (Å²) in [6, 6.07) is 8.06. The summed E-state index contributed by atoms with van der Waals surface area (Å²) in [5.41, 5.74) is 3.07. The number of carbonyl (C=O) groups excluding carboxylic acids is 1. The fraction of sp³-hybridized carbons (Fsp3) is 0.526. The molecule has 0 unspecified atom stereocenters. The third-order valence-corrected chi connectivity index (χ3v) is 4.99. The Morgan fingerprint density at radius 1 is 1.42 bits per heavy atom. The van der Waals surface area contributed by atoms with Gasteiger partial charge in [0.1, 0.15) is 17.5 Å². The lowest BCUT2D eigenvalue weighted by atomic mass is 9.86. The van der Waals surface area contributed by atoms with Gasteiger partial charge in [-0.1, -0.05) is 12.1 Å². The van der Waals surface area contributed by atoms with Gasteiger partial charge in [-0.05, 0) is 44.4 Å². The second kappa shape index (κ2) is 6.39. The quantitative estimate of drug-likeness (QED) is 0.804. The van der Waals surface area contributed by atoms with Crippen molar-refractivity contribution in [2.75, 3.05) is 13.7 Å². The molecule has 1 fully saturated rings. The van der Waals surface area contributed by atoms with E-state index < -0.39 is 0 Å². The number of carbonyl (C=O) groups is 1. The zero-order chi connectivity index (χ0) is 18.3. The first kappa shape index (κ1) is 17.0. The molecular formula is C19H25N3O4. The van der Waals surface area contributed by atoms with Crippen LogP contribution < -0.4 is 10.1 Å². The van der Waals surface area contributed by atoms with Crippen molar-refractivity contribution in [1.29, 1.82) is 0 Å². The van der Waals surface area contributed by atoms with Crippen LogP contribution in [-0.2, 0) is 21.6 Å². The van der Waals surface area contributed by atoms with Gasteiger partial charge in [-0.3, -0.25) is 9.78 Å². The Hall–Kier alpha value is -2.41. The van der Waals surface area contributed by atoms with Crippen LogP contribution in [0.5, 0.6) is 5.75 Å². The molecule has 2 heterocycles. The first-order chi connectivity index (χ1) is 12.5. The molecule has 2 aromatic rings. The zero-order valence-corrected chi connectivity index (χ0v) is 15.4. The summed E-state index contributed by atoms with van der Waals surface area (Å²) in [6.45, 7) is 5.28. The molecule has 26 heavy (non-hydrogen) atoms. The van der Waals surface area contributed by atoms with Crippen LogP contribution in [0.25, 0.3) is 0 Å². The van der Waals surface area contributed by atoms with E-state index in [1.165, 1.54) is 5.56 Å². The standard InChI is InChI=1S/C19H25N3O4/c1-12(2)20-18(23)26-15-8-9-19(11-25-19)17-16(15)21-22(17)10-13-4-6-14(24-3)7-5-13/h4-7,12,15,21H,8-11H2,1-3H3,(H,20,23)/t15-,19+/m1/s1. The molecule has 4 rings (SSSR count). The van der Waals surface area contributed by atoms with Crippen molar-refractivity contribution in [2.45, 2.75) is 51.0 Å². The van der Waals surface area contributed by atoms with Crippen LogP contribution in [0.1, 0.15) is 49.7 Å². The van der Waals surface area contributed by atoms with E-state index in [2.05, 4.69) is 15.1 Å². The number of epoxide rings is 1. The number of nitrogens with zero attached hydrogens (tertiary/aromatic N) is 1. The SMILES string of the molecule is COc1ccc(Cn2[nH]c3c2[C@]2(CC[C@H]3OC(=O)NC(C)C)CO2)cc1. The third kappa shape index (κ3) is 3.07. The second-order valence-corrected chi connectivity index (χ2v) is 7.32. The van der Waals surface area contributed by atoms with Crippen molar-refractivity contribution in [1.82, 2.24) is 15.1 Å². The van der Waals surface area contributed by atoms with Gasteiger partial charge < -0.3 is 19.5 Å². The van der Waals surface area contributed by atoms with Crippen LogP contribution in [-0.4, -0.2) is 35.6 Å². The van der Waals surface area contributed by atoms with Gasteiger partial charge in [-0.2, -0.15) is 0 Å². The Balaban J connectivity index is 1.51. The smallest absolute Gasteiger partial charge is 0.407 e. The van der Waals surface area contributed by atoms with E-state index in [1.54, 1.807) is 7.11 Å². The van der Waals surface area contributed by atoms with Crippen LogP contribution in [0.15, 0.2) is 24.3 Å². The molecule has 1 aliphatic heterocycles. The van der Waals surface area contributed by atoms with E-state index in [0.717, 1.165) is 43.1 Å². The van der Waals surface area contributed by atoms with Crippen LogP contribution in [0.3, 0.4) is 0 Å². The van der Waals surface area contributed by atoms with E-state index in [1.807, 2.05) is 38.1 Å². The molecule has 1 amide bonds. The number of H-pyrrole nitrogens is 1. The minimum absolute atomic E-state index is 0.0542. The molecule has 1 spiro atoms. The maximum Gasteiger partial charge on any atom is 0.407 e. The first-order valence-corrected chi connectivity index (χ1v) is 9.03. The number of aromatic nitrogens is 2. The maximum absolute atomic E-state index is 12.0. The summed E-state index contributed by atoms with van der Waals surface area (Å²) in [5, 5.41) is 6.14. The van der Waals surface area contributed by atoms with Crippen molar-refractivity contribution >= 4 is 6.09 Å². The van der Waals surface area contributed by atoms with E-state index >= 15 is 0 Å². The molecular weight excluding hydrogens is 334 g/mol. The number of hydrogen-bond acceptors (Lipinski definition) is 4. The van der Waals surface area contributed by atoms with Crippen LogP contribution in [0, 0.1) is 0 Å². The molecule has 7 nitrogen and oxygen atoms in total. The first-order valence-electron chi connectivity index (χ1n) is 9.03. The highest BCUT2D eigenvalue weighted by Crippen LogP contribution is 2.52. The summed E-state index contributed by atoms with van der Waals surface area (Å²) in [6.07, 6.45) is 1.02. The Labute approximate surface area is 152 Å². The lowest BCUT2D eigenvalue weighted by Crippen LogP contribution is -2.38. The van der Waals surface area contributed by atoms with Crippen LogP contribution >= 0.6 is 0 Å². The van der Waals surface area contributed by atoms with Gasteiger partial charge >= 0.3 is 6.09 Å². The lowest BCUT2D eigenvalue weighted by Gasteiger charge is -2.36. The molecule has 0 saturated carbocycles. The predicted octanol–water partition coefficient (Wildman–Crippen LogP) is 3.07. The van der Waals surface area contributed by atoms with Crippen molar-refractivity contribution in [3.63, 3.8) is 0 Å². The Morgan fingerprint density at radius 3 is 2.77 bits per heavy atom. The van der Waals surface area contributed by atoms with Crippen molar-refractivity contribution in [2.24, 2.45) is 0 Å². The minimum Gasteiger partial charge on any atom is -0.497 e. The van der Waals surface area contributed by atoms with E-state index in [4.69, 9.17) is 14.2 Å². The molecule has 2 atom stereocenters. The van der Waals surface area contributed by atoms with Gasteiger partial charge in [0.25, 0.3) is 0 Å². The number of hydrogen-bond donors (Lipinski definition) is 2. The largest absolute Gasteiger partial charge is 0.497 e. The van der Waals surface area contributed by atoms with Crippen molar-refractivity contribution in [3.05, 3.63) is 41.2 Å². The molecule has 0 bridgehead atoms. The van der Waals surface area contributed by atoms with Crippen LogP contribution in [0.2, 0.25) is 0 Å². The number of fused-ring (bicyclic) bond motifs is 2. The minimum atomic E-state index is -0.375. The van der Waals surface area contributed by atoms with Gasteiger partial charge in [0.2, 0.25) is 0 Å². The van der Waals surface area contributed by atoms with Gasteiger partial charge in [0.05, 0.1) is 31.6 Å². The summed E-state index contributed by atoms with van der Waals surface area (Å²) in [5.74, 6) is 0.842. The highest BCUT2D eigenvalue weighted by Gasteiger charge is 2.55. The van der Waals surface area contributed by atoms with Crippen LogP contribution in [0.4, 0.5) is 4.79 Å². The summed E-state index contributed by atoms with van der Waals surface area (Å²) in [7, 11) is 1.66. The second-order valence-electron chi connectivity index (χ2n) is 7.32. The number of methoxy groups -OCH3 is 1. The molecule has 2 N–H and O–H groups in total. The Bertz CT molecular complexity index is 786. The highest BCUT2D eigenvalue weighted by molar-refractivity contribution is 5.68. The monoisotopic (exact) mass is 359 g/mol. The van der Waals surface area contributed by atoms with Gasteiger partial charge in [-0.15, -0.1) is 0 Å². The summed E-state index contributed by atoms with van der Waals surface area (Å²) < 4.78 is 18.7. The Kier molecular flexibility index (Phi) is 4.19. The number of nitrogens with one attached hydrogen (secondary N) is 2. The number of rotatable bonds is 5. The normalized spacial score (nSPS) is 23.8.